The van der Waals surface area contributed by atoms with Gasteiger partial charge in [-0.3, -0.25) is 9.69 Å². The molecule has 1 aliphatic carbocycles. The van der Waals surface area contributed by atoms with Crippen molar-refractivity contribution in [2.75, 3.05) is 33.3 Å². The van der Waals surface area contributed by atoms with Crippen molar-refractivity contribution < 1.29 is 43.9 Å². The lowest BCUT2D eigenvalue weighted by atomic mass is 9.88. The Morgan fingerprint density at radius 3 is 2.57 bits per heavy atom. The maximum atomic E-state index is 13.7. The first-order chi connectivity index (χ1) is 24.2. The molecule has 3 N–H and O–H groups in total. The molecular weight excluding hydrogens is 652 g/mol. The van der Waals surface area contributed by atoms with Gasteiger partial charge in [-0.15, -0.1) is 0 Å². The maximum absolute atomic E-state index is 13.7. The van der Waals surface area contributed by atoms with E-state index in [4.69, 9.17) is 18.9 Å². The number of methoxy groups -OCH3 is 1. The number of nitrogens with zero attached hydrogens (tertiary/aromatic N) is 2. The number of cyclic esters (lactones) is 1. The van der Waals surface area contributed by atoms with Crippen LogP contribution in [0.3, 0.4) is 0 Å². The number of ether oxygens (including phenoxy) is 4. The van der Waals surface area contributed by atoms with Crippen LogP contribution in [0.1, 0.15) is 106 Å². The number of epoxide rings is 1. The second kappa shape index (κ2) is 18.7. The van der Waals surface area contributed by atoms with E-state index in [0.717, 1.165) is 25.1 Å². The van der Waals surface area contributed by atoms with Crippen LogP contribution in [0.15, 0.2) is 36.0 Å². The molecule has 4 rings (SSSR count). The molecule has 290 valence electrons. The van der Waals surface area contributed by atoms with Crippen LogP contribution in [0, 0.1) is 11.8 Å². The molecule has 0 aromatic carbocycles. The van der Waals surface area contributed by atoms with E-state index in [1.165, 1.54) is 25.7 Å². The van der Waals surface area contributed by atoms with Gasteiger partial charge in [-0.2, -0.15) is 0 Å². The Bertz CT molecular complexity index is 1230. The van der Waals surface area contributed by atoms with Crippen molar-refractivity contribution in [1.82, 2.24) is 9.80 Å². The molecule has 0 radical (unpaired) electrons. The van der Waals surface area contributed by atoms with Crippen LogP contribution in [0.4, 0.5) is 4.79 Å². The highest BCUT2D eigenvalue weighted by Crippen LogP contribution is 2.38. The summed E-state index contributed by atoms with van der Waals surface area (Å²) in [6, 6.07) is 0.614. The third kappa shape index (κ3) is 11.9. The Morgan fingerprint density at radius 1 is 1.16 bits per heavy atom. The lowest BCUT2D eigenvalue weighted by molar-refractivity contribution is -0.151. The van der Waals surface area contributed by atoms with Gasteiger partial charge in [-0.05, 0) is 70.9 Å². The molecule has 0 bridgehead atoms. The van der Waals surface area contributed by atoms with Crippen LogP contribution >= 0.6 is 0 Å². The number of allylic oxidation sites excluding steroid dienone is 2. The predicted octanol–water partition coefficient (Wildman–Crippen LogP) is 5.31. The lowest BCUT2D eigenvalue weighted by Gasteiger charge is -2.37. The number of esters is 1. The molecule has 4 aliphatic rings. The van der Waals surface area contributed by atoms with Crippen LogP contribution < -0.4 is 0 Å². The second-order valence-electron chi connectivity index (χ2n) is 16.0. The Morgan fingerprint density at radius 2 is 1.88 bits per heavy atom. The molecular formula is C40H66N2O9. The zero-order valence-electron chi connectivity index (χ0n) is 32.2. The van der Waals surface area contributed by atoms with Crippen molar-refractivity contribution in [3.8, 4) is 0 Å². The fraction of sp³-hybridized carbons (Fsp3) is 0.800. The van der Waals surface area contributed by atoms with Crippen molar-refractivity contribution in [3.05, 3.63) is 36.0 Å². The van der Waals surface area contributed by atoms with Crippen LogP contribution in [-0.4, -0.2) is 124 Å². The van der Waals surface area contributed by atoms with Gasteiger partial charge in [0.25, 0.3) is 0 Å². The number of aliphatic hydroxyl groups is 3. The van der Waals surface area contributed by atoms with Gasteiger partial charge in [-0.25, -0.2) is 4.79 Å². The van der Waals surface area contributed by atoms with Gasteiger partial charge in [0, 0.05) is 57.6 Å². The number of carbonyl (C=O) groups is 2. The highest BCUT2D eigenvalue weighted by molar-refractivity contribution is 5.70. The lowest BCUT2D eigenvalue weighted by Crippen LogP contribution is -2.47. The van der Waals surface area contributed by atoms with Crippen LogP contribution in [-0.2, 0) is 23.7 Å². The summed E-state index contributed by atoms with van der Waals surface area (Å²) >= 11 is 0. The summed E-state index contributed by atoms with van der Waals surface area (Å²) in [5.74, 6) is -0.826. The van der Waals surface area contributed by atoms with Crippen molar-refractivity contribution >= 4 is 12.1 Å². The Kier molecular flexibility index (Phi) is 15.2. The van der Waals surface area contributed by atoms with Crippen molar-refractivity contribution in [1.29, 1.82) is 0 Å². The first-order valence-electron chi connectivity index (χ1n) is 19.4. The van der Waals surface area contributed by atoms with Crippen molar-refractivity contribution in [2.24, 2.45) is 11.8 Å². The molecule has 0 spiro atoms. The molecule has 0 aromatic heterocycles. The third-order valence-corrected chi connectivity index (χ3v) is 11.7. The molecule has 11 heteroatoms. The highest BCUT2D eigenvalue weighted by atomic mass is 16.6. The summed E-state index contributed by atoms with van der Waals surface area (Å²) in [4.78, 5) is 31.0. The minimum absolute atomic E-state index is 0.00261. The third-order valence-electron chi connectivity index (χ3n) is 11.7. The van der Waals surface area contributed by atoms with Gasteiger partial charge in [0.15, 0.2) is 6.10 Å². The summed E-state index contributed by atoms with van der Waals surface area (Å²) in [6.45, 7) is 14.4. The molecule has 1 saturated carbocycles. The monoisotopic (exact) mass is 718 g/mol. The minimum atomic E-state index is -1.14. The van der Waals surface area contributed by atoms with Gasteiger partial charge in [0.05, 0.1) is 36.4 Å². The maximum Gasteiger partial charge on any atom is 0.410 e. The fourth-order valence-electron chi connectivity index (χ4n) is 7.95. The molecule has 51 heavy (non-hydrogen) atoms. The SMILES string of the molecule is CCC(O)C(C)C1OC1CC(C)(O)/C=C/C=C(\C)C1OC(=O)CC(O)CCC(C)(OC)C(OC(=O)N2CCCN(C3CCCC3)CC2)/C=C\C1C. The Labute approximate surface area is 306 Å². The molecule has 3 aliphatic heterocycles. The van der Waals surface area contributed by atoms with Crippen LogP contribution in [0.25, 0.3) is 0 Å². The van der Waals surface area contributed by atoms with E-state index >= 15 is 0 Å². The zero-order chi connectivity index (χ0) is 37.3. The van der Waals surface area contributed by atoms with E-state index in [1.54, 1.807) is 31.1 Å². The van der Waals surface area contributed by atoms with Gasteiger partial charge in [-0.1, -0.05) is 57.9 Å². The predicted molar refractivity (Wildman–Crippen MR) is 196 cm³/mol. The molecule has 0 aromatic rings. The molecule has 3 heterocycles. The summed E-state index contributed by atoms with van der Waals surface area (Å²) in [5.41, 5.74) is -1.34. The standard InChI is InChI=1S/C40H66N2O9/c1-8-32(44)29(4)37-33(49-37)26-39(5,47)19-11-13-27(2)36-28(3)16-17-34(40(6,48-7)20-18-31(43)25-35(45)51-36)50-38(46)42-22-12-21-41(23-24-42)30-14-9-10-15-30/h11,13,16-17,19,28-34,36-37,43-44,47H,8-10,12,14-15,18,20-26H2,1-7H3/b17-16-,19-11+,27-13+. The van der Waals surface area contributed by atoms with Gasteiger partial charge in [0.1, 0.15) is 11.7 Å². The first kappa shape index (κ1) is 41.5. The van der Waals surface area contributed by atoms with E-state index in [0.29, 0.717) is 38.4 Å². The number of carbonyl (C=O) groups excluding carboxylic acids is 2. The molecule has 3 fully saturated rings. The average Bonchev–Trinajstić information content (AvgIpc) is 3.71. The van der Waals surface area contributed by atoms with Crippen molar-refractivity contribution in [2.45, 2.75) is 160 Å². The highest BCUT2D eigenvalue weighted by Gasteiger charge is 2.47. The number of hydrogen-bond donors (Lipinski definition) is 3. The summed E-state index contributed by atoms with van der Waals surface area (Å²) in [7, 11) is 1.58. The van der Waals surface area contributed by atoms with E-state index in [1.807, 2.05) is 52.8 Å². The summed E-state index contributed by atoms with van der Waals surface area (Å²) in [6.07, 6.45) is 13.1. The van der Waals surface area contributed by atoms with Gasteiger partial charge in [0.2, 0.25) is 0 Å². The van der Waals surface area contributed by atoms with Crippen LogP contribution in [0.2, 0.25) is 0 Å². The van der Waals surface area contributed by atoms with Crippen LogP contribution in [0.5, 0.6) is 0 Å². The van der Waals surface area contributed by atoms with E-state index in [-0.39, 0.29) is 43.0 Å². The quantitative estimate of drug-likeness (QED) is 0.111. The number of hydrogen-bond acceptors (Lipinski definition) is 10. The summed E-state index contributed by atoms with van der Waals surface area (Å²) < 4.78 is 23.9. The van der Waals surface area contributed by atoms with E-state index in [9.17, 15) is 24.9 Å². The van der Waals surface area contributed by atoms with E-state index < -0.39 is 41.6 Å². The Balaban J connectivity index is 1.47. The molecule has 11 nitrogen and oxygen atoms in total. The topological polar surface area (TPSA) is 142 Å². The fourth-order valence-corrected chi connectivity index (χ4v) is 7.95. The Hall–Kier alpha value is -2.28. The minimum Gasteiger partial charge on any atom is -0.457 e. The largest absolute Gasteiger partial charge is 0.457 e. The number of amides is 1. The number of aliphatic hydroxyl groups excluding tert-OH is 2. The molecule has 10 unspecified atom stereocenters. The summed E-state index contributed by atoms with van der Waals surface area (Å²) in [5, 5.41) is 32.1. The normalized spacial score (nSPS) is 35.2. The average molecular weight is 719 g/mol. The molecule has 1 amide bonds. The van der Waals surface area contributed by atoms with E-state index in [2.05, 4.69) is 4.90 Å². The second-order valence-corrected chi connectivity index (χ2v) is 16.0. The number of rotatable bonds is 11. The smallest absolute Gasteiger partial charge is 0.410 e. The zero-order valence-corrected chi connectivity index (χ0v) is 32.2. The first-order valence-corrected chi connectivity index (χ1v) is 19.4. The van der Waals surface area contributed by atoms with Gasteiger partial charge >= 0.3 is 12.1 Å². The molecule has 10 atom stereocenters. The van der Waals surface area contributed by atoms with Crippen molar-refractivity contribution in [3.63, 3.8) is 0 Å². The van der Waals surface area contributed by atoms with Gasteiger partial charge < -0.3 is 39.2 Å². The molecule has 2 saturated heterocycles.